The molecule has 0 spiro atoms. The van der Waals surface area contributed by atoms with Gasteiger partial charge in [-0.3, -0.25) is 0 Å². The van der Waals surface area contributed by atoms with E-state index in [9.17, 15) is 0 Å². The zero-order valence-electron chi connectivity index (χ0n) is 6.78. The standard InChI is InChI=1S/C8H16ClN/c1-4-7(2)5-10-6-8(3)9/h7,10H,3-6H2,1-2H3. The van der Waals surface area contributed by atoms with Crippen molar-refractivity contribution in [2.45, 2.75) is 20.3 Å². The van der Waals surface area contributed by atoms with Gasteiger partial charge in [0.1, 0.15) is 0 Å². The zero-order chi connectivity index (χ0) is 7.98. The normalized spacial score (nSPS) is 13.1. The smallest absolute Gasteiger partial charge is 0.0307 e. The van der Waals surface area contributed by atoms with Gasteiger partial charge in [-0.1, -0.05) is 38.4 Å². The second-order valence-corrected chi connectivity index (χ2v) is 3.20. The number of nitrogens with one attached hydrogen (secondary N) is 1. The lowest BCUT2D eigenvalue weighted by Crippen LogP contribution is -2.21. The summed E-state index contributed by atoms with van der Waals surface area (Å²) in [6, 6.07) is 0. The topological polar surface area (TPSA) is 12.0 Å². The first-order chi connectivity index (χ1) is 4.66. The summed E-state index contributed by atoms with van der Waals surface area (Å²) in [6.45, 7) is 9.73. The molecule has 0 aromatic heterocycles. The van der Waals surface area contributed by atoms with Crippen LogP contribution in [0.5, 0.6) is 0 Å². The molecule has 0 amide bonds. The van der Waals surface area contributed by atoms with E-state index >= 15 is 0 Å². The van der Waals surface area contributed by atoms with Crippen LogP contribution in [0, 0.1) is 5.92 Å². The van der Waals surface area contributed by atoms with Gasteiger partial charge in [0, 0.05) is 11.6 Å². The molecule has 0 heterocycles. The minimum Gasteiger partial charge on any atom is -0.312 e. The van der Waals surface area contributed by atoms with Gasteiger partial charge in [-0.2, -0.15) is 0 Å². The summed E-state index contributed by atoms with van der Waals surface area (Å²) >= 11 is 5.55. The number of halogens is 1. The van der Waals surface area contributed by atoms with Gasteiger partial charge in [-0.05, 0) is 12.5 Å². The van der Waals surface area contributed by atoms with Crippen molar-refractivity contribution in [3.05, 3.63) is 11.6 Å². The minimum atomic E-state index is 0.684. The molecule has 60 valence electrons. The SMILES string of the molecule is C=C(Cl)CNCC(C)CC. The van der Waals surface area contributed by atoms with Crippen LogP contribution in [-0.4, -0.2) is 13.1 Å². The van der Waals surface area contributed by atoms with Crippen LogP contribution >= 0.6 is 11.6 Å². The van der Waals surface area contributed by atoms with Gasteiger partial charge in [0.25, 0.3) is 0 Å². The Balaban J connectivity index is 3.11. The quantitative estimate of drug-likeness (QED) is 0.653. The lowest BCUT2D eigenvalue weighted by atomic mass is 10.1. The van der Waals surface area contributed by atoms with Crippen LogP contribution in [0.3, 0.4) is 0 Å². The van der Waals surface area contributed by atoms with E-state index in [1.54, 1.807) is 0 Å². The largest absolute Gasteiger partial charge is 0.312 e. The highest BCUT2D eigenvalue weighted by Gasteiger charge is 1.96. The van der Waals surface area contributed by atoms with Crippen LogP contribution in [0.1, 0.15) is 20.3 Å². The molecule has 0 aliphatic carbocycles. The Bertz CT molecular complexity index is 101. The van der Waals surface area contributed by atoms with E-state index in [1.807, 2.05) is 0 Å². The van der Waals surface area contributed by atoms with Crippen molar-refractivity contribution in [2.75, 3.05) is 13.1 Å². The minimum absolute atomic E-state index is 0.684. The van der Waals surface area contributed by atoms with E-state index in [0.29, 0.717) is 5.03 Å². The predicted molar refractivity (Wildman–Crippen MR) is 47.3 cm³/mol. The van der Waals surface area contributed by atoms with Crippen molar-refractivity contribution < 1.29 is 0 Å². The summed E-state index contributed by atoms with van der Waals surface area (Å²) in [6.07, 6.45) is 1.21. The highest BCUT2D eigenvalue weighted by atomic mass is 35.5. The molecule has 0 saturated carbocycles. The van der Waals surface area contributed by atoms with Crippen LogP contribution in [0.15, 0.2) is 11.6 Å². The first-order valence-electron chi connectivity index (χ1n) is 3.70. The summed E-state index contributed by atoms with van der Waals surface area (Å²) < 4.78 is 0. The van der Waals surface area contributed by atoms with Gasteiger partial charge >= 0.3 is 0 Å². The van der Waals surface area contributed by atoms with Crippen molar-refractivity contribution >= 4 is 11.6 Å². The third kappa shape index (κ3) is 6.12. The summed E-state index contributed by atoms with van der Waals surface area (Å²) in [4.78, 5) is 0. The van der Waals surface area contributed by atoms with E-state index in [2.05, 4.69) is 25.7 Å². The van der Waals surface area contributed by atoms with E-state index in [-0.39, 0.29) is 0 Å². The molecule has 0 saturated heterocycles. The summed E-state index contributed by atoms with van der Waals surface area (Å²) in [5.41, 5.74) is 0. The average molecular weight is 162 g/mol. The van der Waals surface area contributed by atoms with Crippen LogP contribution in [0.25, 0.3) is 0 Å². The van der Waals surface area contributed by atoms with Gasteiger partial charge in [0.05, 0.1) is 0 Å². The monoisotopic (exact) mass is 161 g/mol. The number of rotatable bonds is 5. The highest BCUT2D eigenvalue weighted by molar-refractivity contribution is 6.29. The molecule has 0 aromatic rings. The molecule has 1 atom stereocenters. The second-order valence-electron chi connectivity index (χ2n) is 2.66. The van der Waals surface area contributed by atoms with E-state index in [4.69, 9.17) is 11.6 Å². The fourth-order valence-corrected chi connectivity index (χ4v) is 0.693. The number of hydrogen-bond donors (Lipinski definition) is 1. The molecule has 1 nitrogen and oxygen atoms in total. The van der Waals surface area contributed by atoms with Crippen LogP contribution in [0.2, 0.25) is 0 Å². The molecule has 0 aliphatic rings. The molecule has 1 N–H and O–H groups in total. The molecule has 0 aromatic carbocycles. The van der Waals surface area contributed by atoms with E-state index in [1.165, 1.54) is 6.42 Å². The van der Waals surface area contributed by atoms with Crippen LogP contribution in [0.4, 0.5) is 0 Å². The maximum Gasteiger partial charge on any atom is 0.0307 e. The maximum absolute atomic E-state index is 5.55. The second kappa shape index (κ2) is 5.75. The third-order valence-electron chi connectivity index (χ3n) is 1.51. The van der Waals surface area contributed by atoms with Gasteiger partial charge < -0.3 is 5.32 Å². The summed E-state index contributed by atoms with van der Waals surface area (Å²) in [7, 11) is 0. The van der Waals surface area contributed by atoms with Crippen molar-refractivity contribution in [2.24, 2.45) is 5.92 Å². The van der Waals surface area contributed by atoms with E-state index < -0.39 is 0 Å². The van der Waals surface area contributed by atoms with Crippen molar-refractivity contribution in [3.63, 3.8) is 0 Å². The zero-order valence-corrected chi connectivity index (χ0v) is 7.54. The predicted octanol–water partition coefficient (Wildman–Crippen LogP) is 2.37. The Labute approximate surface area is 68.5 Å². The van der Waals surface area contributed by atoms with Crippen molar-refractivity contribution in [1.29, 1.82) is 0 Å². The van der Waals surface area contributed by atoms with Gasteiger partial charge in [-0.25, -0.2) is 0 Å². The first-order valence-corrected chi connectivity index (χ1v) is 4.08. The maximum atomic E-state index is 5.55. The molecule has 10 heavy (non-hydrogen) atoms. The van der Waals surface area contributed by atoms with Crippen LogP contribution in [-0.2, 0) is 0 Å². The lowest BCUT2D eigenvalue weighted by Gasteiger charge is -2.08. The molecular weight excluding hydrogens is 146 g/mol. The first kappa shape index (κ1) is 9.99. The summed E-state index contributed by atoms with van der Waals surface area (Å²) in [5.74, 6) is 0.732. The fraction of sp³-hybridized carbons (Fsp3) is 0.750. The Hall–Kier alpha value is -0.0100. The van der Waals surface area contributed by atoms with Crippen LogP contribution < -0.4 is 5.32 Å². The van der Waals surface area contributed by atoms with Gasteiger partial charge in [-0.15, -0.1) is 0 Å². The Morgan fingerprint density at radius 2 is 2.30 bits per heavy atom. The Morgan fingerprint density at radius 3 is 2.70 bits per heavy atom. The third-order valence-corrected chi connectivity index (χ3v) is 1.64. The molecular formula is C8H16ClN. The highest BCUT2D eigenvalue weighted by Crippen LogP contribution is 1.98. The van der Waals surface area contributed by atoms with Gasteiger partial charge in [0.2, 0.25) is 0 Å². The number of hydrogen-bond acceptors (Lipinski definition) is 1. The van der Waals surface area contributed by atoms with Gasteiger partial charge in [0.15, 0.2) is 0 Å². The molecule has 1 unspecified atom stereocenters. The molecule has 0 fully saturated rings. The van der Waals surface area contributed by atoms with Crippen molar-refractivity contribution in [1.82, 2.24) is 5.32 Å². The molecule has 0 aliphatic heterocycles. The molecule has 0 rings (SSSR count). The Kier molecular flexibility index (Phi) is 5.74. The fourth-order valence-electron chi connectivity index (χ4n) is 0.599. The molecule has 0 bridgehead atoms. The Morgan fingerprint density at radius 1 is 1.70 bits per heavy atom. The molecule has 0 radical (unpaired) electrons. The average Bonchev–Trinajstić information content (AvgIpc) is 1.87. The molecule has 2 heteroatoms. The van der Waals surface area contributed by atoms with Crippen molar-refractivity contribution in [3.8, 4) is 0 Å². The van der Waals surface area contributed by atoms with E-state index in [0.717, 1.165) is 19.0 Å². The summed E-state index contributed by atoms with van der Waals surface area (Å²) in [5, 5.41) is 3.89. The lowest BCUT2D eigenvalue weighted by molar-refractivity contribution is 0.515.